The van der Waals surface area contributed by atoms with Crippen LogP contribution in [0.2, 0.25) is 0 Å². The van der Waals surface area contributed by atoms with Gasteiger partial charge in [-0.15, -0.1) is 0 Å². The average Bonchev–Trinajstić information content (AvgIpc) is 2.86. The molecule has 1 aromatic carbocycles. The zero-order valence-electron chi connectivity index (χ0n) is 10.7. The highest BCUT2D eigenvalue weighted by atomic mass is 16.7. The second-order valence-corrected chi connectivity index (χ2v) is 5.28. The number of ether oxygens (including phenoxy) is 4. The van der Waals surface area contributed by atoms with Crippen molar-refractivity contribution in [2.24, 2.45) is 0 Å². The standard InChI is InChI=1S/C14H17NO4/c1-2-11-12(19-9-18-11)5-10(1)14(7-16-8-14)13-6-15-3-4-17-13/h1-2,5,13,15H,3-4,6-9H2. The first-order chi connectivity index (χ1) is 9.38. The molecule has 102 valence electrons. The molecular weight excluding hydrogens is 246 g/mol. The van der Waals surface area contributed by atoms with Gasteiger partial charge in [-0.25, -0.2) is 0 Å². The van der Waals surface area contributed by atoms with Gasteiger partial charge in [-0.1, -0.05) is 6.07 Å². The number of hydrogen-bond donors (Lipinski definition) is 1. The largest absolute Gasteiger partial charge is 0.454 e. The molecule has 0 saturated carbocycles. The molecule has 0 aromatic heterocycles. The molecule has 0 bridgehead atoms. The van der Waals surface area contributed by atoms with Gasteiger partial charge in [0.25, 0.3) is 0 Å². The van der Waals surface area contributed by atoms with Gasteiger partial charge in [0.1, 0.15) is 0 Å². The van der Waals surface area contributed by atoms with Crippen LogP contribution in [0.1, 0.15) is 5.56 Å². The number of fused-ring (bicyclic) bond motifs is 1. The Morgan fingerprint density at radius 2 is 2.05 bits per heavy atom. The highest BCUT2D eigenvalue weighted by molar-refractivity contribution is 5.47. The van der Waals surface area contributed by atoms with Gasteiger partial charge in [-0.05, 0) is 17.7 Å². The quantitative estimate of drug-likeness (QED) is 0.850. The van der Waals surface area contributed by atoms with Gasteiger partial charge < -0.3 is 24.3 Å². The van der Waals surface area contributed by atoms with E-state index in [2.05, 4.69) is 17.4 Å². The normalized spacial score (nSPS) is 27.9. The van der Waals surface area contributed by atoms with E-state index in [4.69, 9.17) is 18.9 Å². The van der Waals surface area contributed by atoms with Crippen LogP contribution in [0.4, 0.5) is 0 Å². The molecule has 3 aliphatic rings. The highest BCUT2D eigenvalue weighted by Crippen LogP contribution is 2.42. The van der Waals surface area contributed by atoms with E-state index in [9.17, 15) is 0 Å². The number of benzene rings is 1. The van der Waals surface area contributed by atoms with E-state index in [-0.39, 0.29) is 11.5 Å². The molecule has 4 rings (SSSR count). The molecule has 19 heavy (non-hydrogen) atoms. The number of morpholine rings is 1. The third-order valence-corrected chi connectivity index (χ3v) is 4.21. The van der Waals surface area contributed by atoms with Crippen molar-refractivity contribution in [3.8, 4) is 11.5 Å². The lowest BCUT2D eigenvalue weighted by atomic mass is 9.73. The van der Waals surface area contributed by atoms with Crippen molar-refractivity contribution in [2.45, 2.75) is 11.5 Å². The summed E-state index contributed by atoms with van der Waals surface area (Å²) < 4.78 is 22.3. The average molecular weight is 263 g/mol. The van der Waals surface area contributed by atoms with Gasteiger partial charge in [-0.2, -0.15) is 0 Å². The maximum atomic E-state index is 5.94. The predicted octanol–water partition coefficient (Wildman–Crippen LogP) is 0.672. The Labute approximate surface area is 111 Å². The first-order valence-electron chi connectivity index (χ1n) is 6.69. The number of nitrogens with one attached hydrogen (secondary N) is 1. The van der Waals surface area contributed by atoms with Crippen molar-refractivity contribution < 1.29 is 18.9 Å². The van der Waals surface area contributed by atoms with Crippen molar-refractivity contribution in [1.29, 1.82) is 0 Å². The fraction of sp³-hybridized carbons (Fsp3) is 0.571. The molecule has 0 amide bonds. The van der Waals surface area contributed by atoms with Crippen LogP contribution in [-0.4, -0.2) is 45.8 Å². The molecule has 1 aromatic rings. The first-order valence-corrected chi connectivity index (χ1v) is 6.69. The van der Waals surface area contributed by atoms with E-state index >= 15 is 0 Å². The maximum Gasteiger partial charge on any atom is 0.231 e. The molecule has 1 atom stereocenters. The van der Waals surface area contributed by atoms with Crippen LogP contribution >= 0.6 is 0 Å². The van der Waals surface area contributed by atoms with E-state index in [0.717, 1.165) is 31.2 Å². The van der Waals surface area contributed by atoms with Crippen molar-refractivity contribution in [1.82, 2.24) is 5.32 Å². The van der Waals surface area contributed by atoms with Gasteiger partial charge in [0.15, 0.2) is 11.5 Å². The molecule has 3 heterocycles. The Bertz CT molecular complexity index is 480. The first kappa shape index (κ1) is 11.5. The number of rotatable bonds is 2. The summed E-state index contributed by atoms with van der Waals surface area (Å²) in [5.74, 6) is 1.65. The second kappa shape index (κ2) is 4.37. The highest BCUT2D eigenvalue weighted by Gasteiger charge is 2.48. The van der Waals surface area contributed by atoms with Crippen molar-refractivity contribution in [2.75, 3.05) is 39.7 Å². The number of hydrogen-bond acceptors (Lipinski definition) is 5. The van der Waals surface area contributed by atoms with Gasteiger partial charge in [0, 0.05) is 13.1 Å². The smallest absolute Gasteiger partial charge is 0.231 e. The van der Waals surface area contributed by atoms with E-state index in [1.807, 2.05) is 6.07 Å². The van der Waals surface area contributed by atoms with Crippen molar-refractivity contribution >= 4 is 0 Å². The Morgan fingerprint density at radius 1 is 1.16 bits per heavy atom. The summed E-state index contributed by atoms with van der Waals surface area (Å²) in [6.45, 7) is 4.28. The van der Waals surface area contributed by atoms with Crippen molar-refractivity contribution in [3.05, 3.63) is 23.8 Å². The molecular formula is C14H17NO4. The second-order valence-electron chi connectivity index (χ2n) is 5.28. The topological polar surface area (TPSA) is 49.0 Å². The summed E-state index contributed by atoms with van der Waals surface area (Å²) >= 11 is 0. The summed E-state index contributed by atoms with van der Waals surface area (Å²) in [4.78, 5) is 0. The van der Waals surface area contributed by atoms with Crippen LogP contribution in [0.3, 0.4) is 0 Å². The summed E-state index contributed by atoms with van der Waals surface area (Å²) in [6, 6.07) is 6.16. The summed E-state index contributed by atoms with van der Waals surface area (Å²) in [5, 5.41) is 3.39. The van der Waals surface area contributed by atoms with Crippen LogP contribution in [0.15, 0.2) is 18.2 Å². The van der Waals surface area contributed by atoms with Gasteiger partial charge in [0.2, 0.25) is 6.79 Å². The lowest BCUT2D eigenvalue weighted by Crippen LogP contribution is -2.61. The predicted molar refractivity (Wildman–Crippen MR) is 67.7 cm³/mol. The zero-order chi connectivity index (χ0) is 12.7. The summed E-state index contributed by atoms with van der Waals surface area (Å²) in [6.07, 6.45) is 0.162. The summed E-state index contributed by atoms with van der Waals surface area (Å²) in [7, 11) is 0. The third-order valence-electron chi connectivity index (χ3n) is 4.21. The molecule has 0 aliphatic carbocycles. The van der Waals surface area contributed by atoms with Crippen LogP contribution in [0, 0.1) is 0 Å². The van der Waals surface area contributed by atoms with E-state index in [1.54, 1.807) is 0 Å². The Kier molecular flexibility index (Phi) is 2.65. The van der Waals surface area contributed by atoms with Crippen molar-refractivity contribution in [3.63, 3.8) is 0 Å². The minimum absolute atomic E-state index is 0.0472. The molecule has 0 spiro atoms. The van der Waals surface area contributed by atoms with Crippen LogP contribution in [0.5, 0.6) is 11.5 Å². The van der Waals surface area contributed by atoms with Gasteiger partial charge >= 0.3 is 0 Å². The molecule has 2 saturated heterocycles. The molecule has 1 N–H and O–H groups in total. The maximum absolute atomic E-state index is 5.94. The van der Waals surface area contributed by atoms with Crippen LogP contribution in [0.25, 0.3) is 0 Å². The van der Waals surface area contributed by atoms with Gasteiger partial charge in [-0.3, -0.25) is 0 Å². The minimum atomic E-state index is -0.0472. The van der Waals surface area contributed by atoms with E-state index in [0.29, 0.717) is 20.0 Å². The Morgan fingerprint density at radius 3 is 2.79 bits per heavy atom. The molecule has 5 heteroatoms. The third kappa shape index (κ3) is 1.73. The SMILES string of the molecule is c1cc2c(cc1C1(C3CNCCO3)COC1)OCO2. The Balaban J connectivity index is 1.68. The minimum Gasteiger partial charge on any atom is -0.454 e. The van der Waals surface area contributed by atoms with Crippen LogP contribution < -0.4 is 14.8 Å². The molecule has 0 radical (unpaired) electrons. The molecule has 3 aliphatic heterocycles. The molecule has 5 nitrogen and oxygen atoms in total. The van der Waals surface area contributed by atoms with Crippen LogP contribution in [-0.2, 0) is 14.9 Å². The lowest BCUT2D eigenvalue weighted by molar-refractivity contribution is -0.146. The lowest BCUT2D eigenvalue weighted by Gasteiger charge is -2.48. The van der Waals surface area contributed by atoms with Gasteiger partial charge in [0.05, 0.1) is 31.3 Å². The Hall–Kier alpha value is -1.30. The fourth-order valence-electron chi connectivity index (χ4n) is 2.99. The molecule has 1 unspecified atom stereocenters. The molecule has 2 fully saturated rings. The van der Waals surface area contributed by atoms with E-state index < -0.39 is 0 Å². The van der Waals surface area contributed by atoms with E-state index in [1.165, 1.54) is 5.56 Å². The zero-order valence-corrected chi connectivity index (χ0v) is 10.7. The summed E-state index contributed by atoms with van der Waals surface area (Å²) in [5.41, 5.74) is 1.17. The fourth-order valence-corrected chi connectivity index (χ4v) is 2.99. The monoisotopic (exact) mass is 263 g/mol.